The van der Waals surface area contributed by atoms with Crippen LogP contribution in [0.3, 0.4) is 0 Å². The molecule has 73 heavy (non-hydrogen) atoms. The maximum absolute atomic E-state index is 14.0. The minimum atomic E-state index is -1.60. The second kappa shape index (κ2) is 27.2. The zero-order valence-electron chi connectivity index (χ0n) is 43.7. The van der Waals surface area contributed by atoms with Crippen LogP contribution < -0.4 is 0 Å². The Kier molecular flexibility index (Phi) is 23.0. The molecule has 0 aliphatic carbocycles. The number of aliphatic hydroxyl groups excluding tert-OH is 5. The van der Waals surface area contributed by atoms with Gasteiger partial charge in [-0.15, -0.1) is 0 Å². The molecule has 3 aliphatic heterocycles. The Balaban J connectivity index is 1.60. The Labute approximate surface area is 438 Å². The van der Waals surface area contributed by atoms with Crippen LogP contribution in [0.5, 0.6) is 11.5 Å². The van der Waals surface area contributed by atoms with Crippen LogP contribution in [0.1, 0.15) is 118 Å². The third-order valence-electron chi connectivity index (χ3n) is 13.1. The van der Waals surface area contributed by atoms with Crippen LogP contribution in [0, 0.1) is 11.8 Å². The maximum Gasteiger partial charge on any atom is 0.342 e. The zero-order valence-corrected chi connectivity index (χ0v) is 45.3. The summed E-state index contributed by atoms with van der Waals surface area (Å²) in [4.78, 5) is 40.1. The lowest BCUT2D eigenvalue weighted by atomic mass is 9.88. The number of hydrogen-bond acceptors (Lipinski definition) is 18. The van der Waals surface area contributed by atoms with Crippen molar-refractivity contribution in [1.82, 2.24) is 0 Å². The molecule has 0 spiro atoms. The first-order chi connectivity index (χ1) is 34.2. The van der Waals surface area contributed by atoms with Gasteiger partial charge in [-0.25, -0.2) is 9.59 Å². The van der Waals surface area contributed by atoms with Gasteiger partial charge >= 0.3 is 17.9 Å². The minimum absolute atomic E-state index is 0.00862. The minimum Gasteiger partial charge on any atom is -0.505 e. The summed E-state index contributed by atoms with van der Waals surface area (Å²) >= 11 is 12.3. The van der Waals surface area contributed by atoms with Gasteiger partial charge in [0.25, 0.3) is 0 Å². The molecule has 3 aliphatic rings. The third kappa shape index (κ3) is 15.6. The molecule has 3 heterocycles. The van der Waals surface area contributed by atoms with E-state index in [1.165, 1.54) is 33.1 Å². The summed E-state index contributed by atoms with van der Waals surface area (Å²) in [6, 6.07) is 0. The number of benzene rings is 1. The molecule has 14 atom stereocenters. The van der Waals surface area contributed by atoms with Crippen LogP contribution in [0.2, 0.25) is 10.0 Å². The number of carbonyl (C=O) groups excluding carboxylic acids is 3. The van der Waals surface area contributed by atoms with Crippen LogP contribution in [0.25, 0.3) is 0 Å². The molecule has 410 valence electrons. The molecular formula is C53H76Cl2O18. The van der Waals surface area contributed by atoms with E-state index in [2.05, 4.69) is 0 Å². The summed E-state index contributed by atoms with van der Waals surface area (Å²) in [6.45, 7) is 18.5. The standard InChI is InChI=1S/C53H76Cl2O18/c1-13-31-23-27(6)34(57)18-16-15-17-32(24-67-52-47(66-12)44(63)46(30(9)68-52)71-50(65)37-33(14-2)38(54)41(60)39(55)40(37)59)49(64)69-35(29(8)56)20-19-26(5)22-28(7)45(31)72-51-43(62)42(61)48(53(10,11)73-51)70-36(58)21-25(3)4/h15-17,19,22-23,25,29-31,34-35,42-48,51-52,56-57,59-63H,13-14,18,20-21,24H2,1-12H3. The van der Waals surface area contributed by atoms with Crippen molar-refractivity contribution in [2.24, 2.45) is 11.8 Å². The summed E-state index contributed by atoms with van der Waals surface area (Å²) in [7, 11) is 1.26. The van der Waals surface area contributed by atoms with Gasteiger partial charge in [0.2, 0.25) is 0 Å². The smallest absolute Gasteiger partial charge is 0.342 e. The van der Waals surface area contributed by atoms with E-state index in [0.717, 1.165) is 0 Å². The Bertz CT molecular complexity index is 2230. The normalized spacial score (nSPS) is 31.2. The quantitative estimate of drug-likeness (QED) is 0.0586. The molecule has 2 saturated heterocycles. The number of phenolic OH excluding ortho intramolecular Hbond substituents is 2. The molecule has 18 nitrogen and oxygen atoms in total. The molecular weight excluding hydrogens is 995 g/mol. The van der Waals surface area contributed by atoms with Gasteiger partial charge in [0.05, 0.1) is 41.6 Å². The van der Waals surface area contributed by atoms with Gasteiger partial charge in [0.1, 0.15) is 46.7 Å². The molecule has 20 heteroatoms. The third-order valence-corrected chi connectivity index (χ3v) is 13.9. The highest BCUT2D eigenvalue weighted by Gasteiger charge is 2.53. The molecule has 0 bridgehead atoms. The highest BCUT2D eigenvalue weighted by Crippen LogP contribution is 2.45. The molecule has 1 aromatic carbocycles. The second-order valence-electron chi connectivity index (χ2n) is 19.9. The largest absolute Gasteiger partial charge is 0.505 e. The molecule has 1 aromatic rings. The Morgan fingerprint density at radius 2 is 1.58 bits per heavy atom. The number of carbonyl (C=O) groups is 3. The van der Waals surface area contributed by atoms with Crippen molar-refractivity contribution in [3.05, 3.63) is 79.9 Å². The topological polar surface area (TPSA) is 267 Å². The SMILES string of the molecule is CCc1c(Cl)c(O)c(Cl)c(O)c1C(=O)OC1C(C)OC(OCC2=CC=CCC(O)C(C)=CC(CC)C(OC3OC(C)(C)C(OC(=O)CC(C)C)C(O)C3O)C(C)=CC(C)=CCC(C(C)O)OC2=O)C(OC)C1O. The summed E-state index contributed by atoms with van der Waals surface area (Å²) in [5.41, 5.74) is 0.326. The Morgan fingerprint density at radius 1 is 0.904 bits per heavy atom. The Morgan fingerprint density at radius 3 is 2.18 bits per heavy atom. The highest BCUT2D eigenvalue weighted by atomic mass is 35.5. The summed E-state index contributed by atoms with van der Waals surface area (Å²) in [5.74, 6) is -4.26. The fourth-order valence-corrected chi connectivity index (χ4v) is 9.42. The number of halogens is 2. The fourth-order valence-electron chi connectivity index (χ4n) is 8.86. The average molecular weight is 1070 g/mol. The lowest BCUT2D eigenvalue weighted by molar-refractivity contribution is -0.333. The molecule has 14 unspecified atom stereocenters. The van der Waals surface area contributed by atoms with Gasteiger partial charge in [0, 0.05) is 25.9 Å². The van der Waals surface area contributed by atoms with Gasteiger partial charge in [-0.1, -0.05) is 86.9 Å². The number of hydrogen-bond donors (Lipinski definition) is 7. The van der Waals surface area contributed by atoms with Crippen molar-refractivity contribution in [2.45, 2.75) is 194 Å². The van der Waals surface area contributed by atoms with Gasteiger partial charge in [-0.3, -0.25) is 4.79 Å². The van der Waals surface area contributed by atoms with Gasteiger partial charge in [-0.2, -0.15) is 0 Å². The number of rotatable bonds is 14. The van der Waals surface area contributed by atoms with Crippen molar-refractivity contribution in [3.8, 4) is 11.5 Å². The first-order valence-corrected chi connectivity index (χ1v) is 25.4. The maximum atomic E-state index is 14.0. The fraction of sp³-hybridized carbons (Fsp3) is 0.642. The predicted molar refractivity (Wildman–Crippen MR) is 270 cm³/mol. The van der Waals surface area contributed by atoms with E-state index in [1.54, 1.807) is 39.8 Å². The van der Waals surface area contributed by atoms with Gasteiger partial charge < -0.3 is 73.6 Å². The van der Waals surface area contributed by atoms with E-state index < -0.39 is 138 Å². The lowest BCUT2D eigenvalue weighted by Gasteiger charge is -2.47. The highest BCUT2D eigenvalue weighted by molar-refractivity contribution is 6.39. The molecule has 7 N–H and O–H groups in total. The van der Waals surface area contributed by atoms with Crippen molar-refractivity contribution in [2.75, 3.05) is 13.7 Å². The molecule has 0 aromatic heterocycles. The van der Waals surface area contributed by atoms with Crippen LogP contribution in [-0.4, -0.2) is 153 Å². The van der Waals surface area contributed by atoms with E-state index in [4.69, 9.17) is 61.1 Å². The van der Waals surface area contributed by atoms with E-state index in [-0.39, 0.29) is 47.8 Å². The van der Waals surface area contributed by atoms with Crippen LogP contribution in [-0.2, 0) is 53.9 Å². The van der Waals surface area contributed by atoms with E-state index >= 15 is 0 Å². The van der Waals surface area contributed by atoms with E-state index in [1.807, 2.05) is 46.8 Å². The Hall–Kier alpha value is -3.89. The molecule has 2 fully saturated rings. The van der Waals surface area contributed by atoms with Crippen LogP contribution in [0.4, 0.5) is 0 Å². The van der Waals surface area contributed by atoms with E-state index in [0.29, 0.717) is 23.1 Å². The van der Waals surface area contributed by atoms with Crippen molar-refractivity contribution in [3.63, 3.8) is 0 Å². The van der Waals surface area contributed by atoms with Gasteiger partial charge in [0.15, 0.2) is 36.3 Å². The molecule has 0 saturated carbocycles. The number of aromatic hydroxyl groups is 2. The lowest BCUT2D eigenvalue weighted by Crippen LogP contribution is -2.64. The van der Waals surface area contributed by atoms with Crippen molar-refractivity contribution < 1.29 is 88.0 Å². The van der Waals surface area contributed by atoms with Crippen LogP contribution in [0.15, 0.2) is 58.7 Å². The number of cyclic esters (lactones) is 1. The second-order valence-corrected chi connectivity index (χ2v) is 20.6. The number of phenols is 2. The summed E-state index contributed by atoms with van der Waals surface area (Å²) in [6.07, 6.45) is -5.31. The first kappa shape index (κ1) is 61.7. The number of ether oxygens (including phenoxy) is 8. The van der Waals surface area contributed by atoms with Crippen molar-refractivity contribution in [1.29, 1.82) is 0 Å². The monoisotopic (exact) mass is 1070 g/mol. The van der Waals surface area contributed by atoms with Crippen molar-refractivity contribution >= 4 is 41.1 Å². The molecule has 0 amide bonds. The molecule has 4 rings (SSSR count). The van der Waals surface area contributed by atoms with Gasteiger partial charge in [-0.05, 0) is 96.4 Å². The number of methoxy groups -OCH3 is 1. The number of aliphatic hydroxyl groups is 5. The average Bonchev–Trinajstić information content (AvgIpc) is 3.32. The zero-order chi connectivity index (χ0) is 54.8. The summed E-state index contributed by atoms with van der Waals surface area (Å²) < 4.78 is 47.6. The van der Waals surface area contributed by atoms with Crippen LogP contribution >= 0.6 is 23.2 Å². The number of esters is 3. The van der Waals surface area contributed by atoms with E-state index in [9.17, 15) is 50.1 Å². The molecule has 0 radical (unpaired) electrons. The first-order valence-electron chi connectivity index (χ1n) is 24.6. The number of allylic oxidation sites excluding steroid dienone is 4. The predicted octanol–water partition coefficient (Wildman–Crippen LogP) is 6.62. The summed E-state index contributed by atoms with van der Waals surface area (Å²) in [5, 5.41) is 76.6.